The summed E-state index contributed by atoms with van der Waals surface area (Å²) >= 11 is 7.76. The molecule has 9 heteroatoms. The molecular weight excluding hydrogens is 396 g/mol. The van der Waals surface area contributed by atoms with Crippen LogP contribution in [-0.2, 0) is 19.4 Å². The molecule has 1 atom stereocenters. The number of fused-ring (bicyclic) bond motifs is 1. The highest BCUT2D eigenvalue weighted by atomic mass is 35.5. The Hall–Kier alpha value is -1.90. The van der Waals surface area contributed by atoms with Gasteiger partial charge in [0.2, 0.25) is 5.91 Å². The van der Waals surface area contributed by atoms with Crippen LogP contribution in [0.15, 0.2) is 30.3 Å². The minimum absolute atomic E-state index is 0.0265. The van der Waals surface area contributed by atoms with E-state index < -0.39 is 21.7 Å². The van der Waals surface area contributed by atoms with Gasteiger partial charge in [0.25, 0.3) is 5.91 Å². The monoisotopic (exact) mass is 412 g/mol. The molecule has 1 aliphatic heterocycles. The van der Waals surface area contributed by atoms with Crippen molar-refractivity contribution in [1.82, 2.24) is 10.9 Å². The van der Waals surface area contributed by atoms with E-state index in [1.54, 1.807) is 6.08 Å². The highest BCUT2D eigenvalue weighted by Gasteiger charge is 2.29. The van der Waals surface area contributed by atoms with Gasteiger partial charge >= 0.3 is 0 Å². The molecule has 0 spiro atoms. The number of rotatable bonds is 4. The molecule has 2 heterocycles. The number of nitrogens with one attached hydrogen (secondary N) is 2. The van der Waals surface area contributed by atoms with Crippen LogP contribution < -0.4 is 10.9 Å². The van der Waals surface area contributed by atoms with Crippen LogP contribution in [0.2, 0.25) is 5.02 Å². The number of hydrazine groups is 1. The van der Waals surface area contributed by atoms with Gasteiger partial charge in [-0.2, -0.15) is 0 Å². The lowest BCUT2D eigenvalue weighted by Gasteiger charge is -2.08. The van der Waals surface area contributed by atoms with Crippen LogP contribution in [0.25, 0.3) is 16.2 Å². The summed E-state index contributed by atoms with van der Waals surface area (Å²) in [6.07, 6.45) is 3.44. The van der Waals surface area contributed by atoms with E-state index in [4.69, 9.17) is 11.6 Å². The molecule has 2 amide bonds. The van der Waals surface area contributed by atoms with E-state index in [1.165, 1.54) is 17.4 Å². The van der Waals surface area contributed by atoms with Crippen LogP contribution in [0.1, 0.15) is 17.7 Å². The van der Waals surface area contributed by atoms with Gasteiger partial charge in [0, 0.05) is 27.5 Å². The third kappa shape index (κ3) is 4.63. The molecule has 0 radical (unpaired) electrons. The van der Waals surface area contributed by atoms with Crippen molar-refractivity contribution < 1.29 is 18.0 Å². The average Bonchev–Trinajstić information content (AvgIpc) is 3.10. The van der Waals surface area contributed by atoms with Gasteiger partial charge in [-0.05, 0) is 24.5 Å². The Labute approximate surface area is 160 Å². The average molecular weight is 413 g/mol. The molecule has 2 N–H and O–H groups in total. The fraction of sp³-hybridized carbons (Fsp3) is 0.294. The first-order chi connectivity index (χ1) is 12.3. The van der Waals surface area contributed by atoms with Crippen molar-refractivity contribution in [2.24, 2.45) is 5.92 Å². The Morgan fingerprint density at radius 3 is 2.73 bits per heavy atom. The number of benzene rings is 1. The third-order valence-electron chi connectivity index (χ3n) is 4.07. The Bertz CT molecular complexity index is 982. The highest BCUT2D eigenvalue weighted by Crippen LogP contribution is 2.35. The smallest absolute Gasteiger partial charge is 0.262 e. The van der Waals surface area contributed by atoms with Crippen molar-refractivity contribution in [2.45, 2.75) is 12.8 Å². The molecule has 1 aromatic heterocycles. The lowest BCUT2D eigenvalue weighted by atomic mass is 10.1. The minimum Gasteiger partial charge on any atom is -0.273 e. The maximum atomic E-state index is 11.8. The van der Waals surface area contributed by atoms with Crippen molar-refractivity contribution in [2.75, 3.05) is 11.5 Å². The largest absolute Gasteiger partial charge is 0.273 e. The van der Waals surface area contributed by atoms with Crippen LogP contribution in [0.4, 0.5) is 0 Å². The molecule has 0 saturated carbocycles. The Morgan fingerprint density at radius 2 is 2.04 bits per heavy atom. The number of hydrogen-bond donors (Lipinski definition) is 2. The van der Waals surface area contributed by atoms with Crippen molar-refractivity contribution in [3.8, 4) is 0 Å². The number of hydrogen-bond acceptors (Lipinski definition) is 5. The Morgan fingerprint density at radius 1 is 1.27 bits per heavy atom. The molecule has 6 nitrogen and oxygen atoms in total. The second-order valence-corrected chi connectivity index (χ2v) is 9.81. The number of thiophene rings is 1. The summed E-state index contributed by atoms with van der Waals surface area (Å²) in [6, 6.07) is 7.68. The summed E-state index contributed by atoms with van der Waals surface area (Å²) in [5, 5.41) is 1.51. The number of halogens is 1. The van der Waals surface area contributed by atoms with Gasteiger partial charge in [0.05, 0.1) is 16.5 Å². The lowest BCUT2D eigenvalue weighted by Crippen LogP contribution is -2.41. The summed E-state index contributed by atoms with van der Waals surface area (Å²) in [5.74, 6) is -0.946. The molecule has 26 heavy (non-hydrogen) atoms. The molecule has 138 valence electrons. The molecule has 0 aliphatic carbocycles. The maximum Gasteiger partial charge on any atom is 0.262 e. The van der Waals surface area contributed by atoms with Gasteiger partial charge in [-0.1, -0.05) is 29.8 Å². The number of amides is 2. The van der Waals surface area contributed by atoms with Crippen molar-refractivity contribution in [3.05, 3.63) is 40.2 Å². The zero-order valence-corrected chi connectivity index (χ0v) is 16.1. The number of carbonyl (C=O) groups excluding carboxylic acids is 2. The molecule has 3 rings (SSSR count). The zero-order chi connectivity index (χ0) is 18.7. The first-order valence-corrected chi connectivity index (χ1v) is 11.0. The second kappa shape index (κ2) is 7.77. The topological polar surface area (TPSA) is 92.3 Å². The molecule has 1 aliphatic rings. The van der Waals surface area contributed by atoms with E-state index in [0.717, 1.165) is 15.0 Å². The SMILES string of the molecule is O=C(/C=C/c1sc2ccccc2c1Cl)NNC(=O)C[C@@H]1CCS(=O)(=O)C1. The molecule has 0 unspecified atom stereocenters. The maximum absolute atomic E-state index is 11.8. The van der Waals surface area contributed by atoms with Crippen LogP contribution in [0, 0.1) is 5.92 Å². The summed E-state index contributed by atoms with van der Waals surface area (Å²) in [7, 11) is -3.02. The summed E-state index contributed by atoms with van der Waals surface area (Å²) in [5.41, 5.74) is 4.59. The lowest BCUT2D eigenvalue weighted by molar-refractivity contribution is -0.127. The van der Waals surface area contributed by atoms with Crippen molar-refractivity contribution >= 4 is 60.8 Å². The number of carbonyl (C=O) groups is 2. The van der Waals surface area contributed by atoms with Crippen LogP contribution >= 0.6 is 22.9 Å². The number of sulfone groups is 1. The summed E-state index contributed by atoms with van der Waals surface area (Å²) in [4.78, 5) is 24.4. The van der Waals surface area contributed by atoms with Gasteiger partial charge in [-0.25, -0.2) is 8.42 Å². The second-order valence-electron chi connectivity index (χ2n) is 6.12. The first kappa shape index (κ1) is 18.9. The quantitative estimate of drug-likeness (QED) is 0.596. The fourth-order valence-electron chi connectivity index (χ4n) is 2.81. The van der Waals surface area contributed by atoms with Gasteiger partial charge in [0.1, 0.15) is 0 Å². The van der Waals surface area contributed by atoms with E-state index in [-0.39, 0.29) is 23.8 Å². The van der Waals surface area contributed by atoms with E-state index in [0.29, 0.717) is 11.4 Å². The van der Waals surface area contributed by atoms with Crippen LogP contribution in [-0.4, -0.2) is 31.7 Å². The highest BCUT2D eigenvalue weighted by molar-refractivity contribution is 7.91. The normalized spacial score (nSPS) is 19.0. The Kier molecular flexibility index (Phi) is 5.64. The van der Waals surface area contributed by atoms with E-state index in [9.17, 15) is 18.0 Å². The zero-order valence-electron chi connectivity index (χ0n) is 13.7. The minimum atomic E-state index is -3.02. The molecular formula is C17H17ClN2O4S2. The molecule has 1 saturated heterocycles. The molecule has 1 aromatic carbocycles. The Balaban J connectivity index is 1.51. The predicted molar refractivity (Wildman–Crippen MR) is 104 cm³/mol. The van der Waals surface area contributed by atoms with Gasteiger partial charge in [0.15, 0.2) is 9.84 Å². The van der Waals surface area contributed by atoms with Crippen molar-refractivity contribution in [3.63, 3.8) is 0 Å². The summed E-state index contributed by atoms with van der Waals surface area (Å²) < 4.78 is 23.8. The van der Waals surface area contributed by atoms with E-state index in [2.05, 4.69) is 10.9 Å². The van der Waals surface area contributed by atoms with E-state index in [1.807, 2.05) is 24.3 Å². The first-order valence-electron chi connectivity index (χ1n) is 7.98. The fourth-order valence-corrected chi connectivity index (χ4v) is 6.07. The van der Waals surface area contributed by atoms with Gasteiger partial charge < -0.3 is 0 Å². The van der Waals surface area contributed by atoms with Gasteiger partial charge in [-0.15, -0.1) is 11.3 Å². The molecule has 2 aromatic rings. The summed E-state index contributed by atoms with van der Waals surface area (Å²) in [6.45, 7) is 0. The van der Waals surface area contributed by atoms with Crippen molar-refractivity contribution in [1.29, 1.82) is 0 Å². The van der Waals surface area contributed by atoms with Crippen LogP contribution in [0.3, 0.4) is 0 Å². The van der Waals surface area contributed by atoms with Crippen LogP contribution in [0.5, 0.6) is 0 Å². The van der Waals surface area contributed by atoms with Gasteiger partial charge in [-0.3, -0.25) is 20.4 Å². The predicted octanol–water partition coefficient (Wildman–Crippen LogP) is 2.54. The molecule has 0 bridgehead atoms. The molecule has 1 fully saturated rings. The standard InChI is InChI=1S/C17H17ClN2O4S2/c18-17-12-3-1-2-4-13(12)25-14(17)5-6-15(21)19-20-16(22)9-11-7-8-26(23,24)10-11/h1-6,11H,7-10H2,(H,19,21)(H,20,22)/b6-5+/t11-/m0/s1. The van der Waals surface area contributed by atoms with E-state index >= 15 is 0 Å². The third-order valence-corrected chi connectivity index (χ3v) is 7.56.